The van der Waals surface area contributed by atoms with Crippen molar-refractivity contribution in [3.63, 3.8) is 0 Å². The molecule has 0 atom stereocenters. The van der Waals surface area contributed by atoms with E-state index in [0.29, 0.717) is 36.1 Å². The molecule has 20 heavy (non-hydrogen) atoms. The van der Waals surface area contributed by atoms with Crippen molar-refractivity contribution in [1.29, 1.82) is 0 Å². The van der Waals surface area contributed by atoms with Crippen LogP contribution in [-0.4, -0.2) is 19.1 Å². The Balaban J connectivity index is 2.25. The normalized spacial score (nSPS) is 14.6. The molecule has 1 aliphatic heterocycles. The molecule has 3 N–H and O–H groups in total. The summed E-state index contributed by atoms with van der Waals surface area (Å²) in [5.41, 5.74) is 6.60. The van der Waals surface area contributed by atoms with Gasteiger partial charge in [-0.15, -0.1) is 0 Å². The van der Waals surface area contributed by atoms with E-state index in [1.165, 1.54) is 0 Å². The Morgan fingerprint density at radius 1 is 1.30 bits per heavy atom. The molecule has 0 bridgehead atoms. The molecule has 1 aliphatic rings. The number of nitrogens with two attached hydrogens (primary N) is 1. The highest BCUT2D eigenvalue weighted by Gasteiger charge is 2.26. The molecular formula is C15H22N2O3. The number of fused-ring (bicyclic) bond motifs is 1. The Kier molecular flexibility index (Phi) is 4.06. The molecule has 0 radical (unpaired) electrons. The van der Waals surface area contributed by atoms with Crippen LogP contribution in [0.15, 0.2) is 12.1 Å². The topological polar surface area (TPSA) is 73.6 Å². The van der Waals surface area contributed by atoms with Gasteiger partial charge in [0.15, 0.2) is 11.5 Å². The zero-order chi connectivity index (χ0) is 14.8. The molecule has 1 aromatic carbocycles. The van der Waals surface area contributed by atoms with Gasteiger partial charge in [0, 0.05) is 24.0 Å². The number of ether oxygens (including phenoxy) is 2. The van der Waals surface area contributed by atoms with Crippen molar-refractivity contribution in [1.82, 2.24) is 0 Å². The van der Waals surface area contributed by atoms with Crippen LogP contribution < -0.4 is 20.5 Å². The molecule has 1 heterocycles. The first kappa shape index (κ1) is 14.5. The van der Waals surface area contributed by atoms with Gasteiger partial charge in [-0.25, -0.2) is 0 Å². The summed E-state index contributed by atoms with van der Waals surface area (Å²) in [6.07, 6.45) is 1.59. The summed E-state index contributed by atoms with van der Waals surface area (Å²) in [5.74, 6) is 1.20. The molecule has 1 amide bonds. The lowest BCUT2D eigenvalue weighted by Gasteiger charge is -2.22. The van der Waals surface area contributed by atoms with E-state index in [4.69, 9.17) is 15.2 Å². The molecule has 2 rings (SSSR count). The molecule has 5 nitrogen and oxygen atoms in total. The molecule has 0 fully saturated rings. The number of rotatable bonds is 3. The van der Waals surface area contributed by atoms with Crippen molar-refractivity contribution in [3.05, 3.63) is 12.1 Å². The van der Waals surface area contributed by atoms with Crippen molar-refractivity contribution in [3.8, 4) is 11.5 Å². The molecule has 110 valence electrons. The van der Waals surface area contributed by atoms with Gasteiger partial charge in [0.2, 0.25) is 5.91 Å². The van der Waals surface area contributed by atoms with Crippen molar-refractivity contribution in [2.24, 2.45) is 5.41 Å². The lowest BCUT2D eigenvalue weighted by Crippen LogP contribution is -2.30. The van der Waals surface area contributed by atoms with Gasteiger partial charge in [0.05, 0.1) is 24.6 Å². The van der Waals surface area contributed by atoms with Crippen molar-refractivity contribution < 1.29 is 14.3 Å². The second kappa shape index (κ2) is 5.61. The van der Waals surface area contributed by atoms with Crippen LogP contribution in [0.3, 0.4) is 0 Å². The molecule has 0 unspecified atom stereocenters. The summed E-state index contributed by atoms with van der Waals surface area (Å²) in [5, 5.41) is 2.87. The predicted octanol–water partition coefficient (Wildman–Crippen LogP) is 2.80. The fraction of sp³-hybridized carbons (Fsp3) is 0.533. The van der Waals surface area contributed by atoms with Crippen molar-refractivity contribution >= 4 is 17.3 Å². The van der Waals surface area contributed by atoms with Gasteiger partial charge >= 0.3 is 0 Å². The number of carbonyl (C=O) groups is 1. The third-order valence-electron chi connectivity index (χ3n) is 3.67. The SMILES string of the molecule is CCC(C)(C)C(=O)Nc1cc2c(cc1N)OCCCO2. The van der Waals surface area contributed by atoms with Crippen LogP contribution in [-0.2, 0) is 4.79 Å². The molecule has 0 aromatic heterocycles. The number of carbonyl (C=O) groups excluding carboxylic acids is 1. The highest BCUT2D eigenvalue weighted by atomic mass is 16.5. The predicted molar refractivity (Wildman–Crippen MR) is 79.2 cm³/mol. The van der Waals surface area contributed by atoms with E-state index >= 15 is 0 Å². The van der Waals surface area contributed by atoms with Gasteiger partial charge in [0.25, 0.3) is 0 Å². The minimum Gasteiger partial charge on any atom is -0.489 e. The van der Waals surface area contributed by atoms with E-state index in [9.17, 15) is 4.79 Å². The number of hydrogen-bond acceptors (Lipinski definition) is 4. The number of amides is 1. The van der Waals surface area contributed by atoms with E-state index in [0.717, 1.165) is 12.8 Å². The number of benzene rings is 1. The summed E-state index contributed by atoms with van der Waals surface area (Å²) in [7, 11) is 0. The standard InChI is InChI=1S/C15H22N2O3/c1-4-15(2,3)14(18)17-11-9-13-12(8-10(11)16)19-6-5-7-20-13/h8-9H,4-7,16H2,1-3H3,(H,17,18). The lowest BCUT2D eigenvalue weighted by atomic mass is 9.89. The van der Waals surface area contributed by atoms with Crippen LogP contribution in [0, 0.1) is 5.41 Å². The summed E-state index contributed by atoms with van der Waals surface area (Å²) >= 11 is 0. The van der Waals surface area contributed by atoms with Gasteiger partial charge in [-0.05, 0) is 6.42 Å². The van der Waals surface area contributed by atoms with Crippen LogP contribution in [0.2, 0.25) is 0 Å². The van der Waals surface area contributed by atoms with Gasteiger partial charge in [0.1, 0.15) is 0 Å². The minimum absolute atomic E-state index is 0.0545. The first-order valence-electron chi connectivity index (χ1n) is 6.94. The number of anilines is 2. The van der Waals surface area contributed by atoms with Crippen LogP contribution >= 0.6 is 0 Å². The fourth-order valence-electron chi connectivity index (χ4n) is 1.78. The molecule has 0 aliphatic carbocycles. The molecule has 1 aromatic rings. The molecular weight excluding hydrogens is 256 g/mol. The van der Waals surface area contributed by atoms with Crippen LogP contribution in [0.1, 0.15) is 33.6 Å². The minimum atomic E-state index is -0.434. The Hall–Kier alpha value is -1.91. The maximum absolute atomic E-state index is 12.2. The third-order valence-corrected chi connectivity index (χ3v) is 3.67. The summed E-state index contributed by atoms with van der Waals surface area (Å²) in [6, 6.07) is 3.44. The largest absolute Gasteiger partial charge is 0.489 e. The average molecular weight is 278 g/mol. The maximum atomic E-state index is 12.2. The number of nitrogen functional groups attached to an aromatic ring is 1. The third kappa shape index (κ3) is 2.98. The second-order valence-corrected chi connectivity index (χ2v) is 5.63. The van der Waals surface area contributed by atoms with E-state index in [-0.39, 0.29) is 5.91 Å². The van der Waals surface area contributed by atoms with Gasteiger partial charge in [-0.1, -0.05) is 20.8 Å². The number of nitrogens with one attached hydrogen (secondary N) is 1. The highest BCUT2D eigenvalue weighted by molar-refractivity contribution is 5.97. The first-order valence-corrected chi connectivity index (χ1v) is 6.94. The van der Waals surface area contributed by atoms with E-state index in [1.54, 1.807) is 12.1 Å². The van der Waals surface area contributed by atoms with Gasteiger partial charge in [-0.2, -0.15) is 0 Å². The molecule has 5 heteroatoms. The second-order valence-electron chi connectivity index (χ2n) is 5.63. The van der Waals surface area contributed by atoms with E-state index in [1.807, 2.05) is 20.8 Å². The molecule has 0 saturated heterocycles. The molecule has 0 saturated carbocycles. The fourth-order valence-corrected chi connectivity index (χ4v) is 1.78. The maximum Gasteiger partial charge on any atom is 0.230 e. The van der Waals surface area contributed by atoms with Crippen LogP contribution in [0.25, 0.3) is 0 Å². The lowest BCUT2D eigenvalue weighted by molar-refractivity contribution is -0.124. The average Bonchev–Trinajstić information content (AvgIpc) is 2.64. The summed E-state index contributed by atoms with van der Waals surface area (Å²) < 4.78 is 11.2. The van der Waals surface area contributed by atoms with Crippen LogP contribution in [0.5, 0.6) is 11.5 Å². The Morgan fingerprint density at radius 3 is 2.50 bits per heavy atom. The Labute approximate surface area is 119 Å². The highest BCUT2D eigenvalue weighted by Crippen LogP contribution is 2.37. The number of hydrogen-bond donors (Lipinski definition) is 2. The smallest absolute Gasteiger partial charge is 0.230 e. The van der Waals surface area contributed by atoms with Crippen LogP contribution in [0.4, 0.5) is 11.4 Å². The van der Waals surface area contributed by atoms with E-state index in [2.05, 4.69) is 5.32 Å². The first-order chi connectivity index (χ1) is 9.44. The monoisotopic (exact) mass is 278 g/mol. The van der Waals surface area contributed by atoms with E-state index < -0.39 is 5.41 Å². The zero-order valence-electron chi connectivity index (χ0n) is 12.3. The van der Waals surface area contributed by atoms with Crippen molar-refractivity contribution in [2.75, 3.05) is 24.3 Å². The quantitative estimate of drug-likeness (QED) is 0.834. The van der Waals surface area contributed by atoms with Crippen molar-refractivity contribution in [2.45, 2.75) is 33.6 Å². The van der Waals surface area contributed by atoms with Gasteiger partial charge < -0.3 is 20.5 Å². The zero-order valence-corrected chi connectivity index (χ0v) is 12.3. The Morgan fingerprint density at radius 2 is 1.90 bits per heavy atom. The summed E-state index contributed by atoms with van der Waals surface area (Å²) in [6.45, 7) is 7.01. The Bertz CT molecular complexity index is 512. The summed E-state index contributed by atoms with van der Waals surface area (Å²) in [4.78, 5) is 12.2. The molecule has 0 spiro atoms. The van der Waals surface area contributed by atoms with Gasteiger partial charge in [-0.3, -0.25) is 4.79 Å².